The Kier molecular flexibility index (Phi) is 13.0. The van der Waals surface area contributed by atoms with Gasteiger partial charge >= 0.3 is 0 Å². The van der Waals surface area contributed by atoms with E-state index in [-0.39, 0.29) is 17.0 Å². The highest BCUT2D eigenvalue weighted by Crippen LogP contribution is 2.21. The molecule has 112 valence electrons. The molecular formula is C16H36BrN. The van der Waals surface area contributed by atoms with E-state index in [9.17, 15) is 0 Å². The van der Waals surface area contributed by atoms with Gasteiger partial charge in [0.1, 0.15) is 0 Å². The Morgan fingerprint density at radius 1 is 1.00 bits per heavy atom. The molecule has 0 rings (SSSR count). The van der Waals surface area contributed by atoms with E-state index in [1.54, 1.807) is 0 Å². The summed E-state index contributed by atoms with van der Waals surface area (Å²) in [5.74, 6) is 1.70. The summed E-state index contributed by atoms with van der Waals surface area (Å²) in [5, 5.41) is 3.69. The summed E-state index contributed by atoms with van der Waals surface area (Å²) in [6.45, 7) is 15.2. The Bertz CT molecular complexity index is 178. The first-order chi connectivity index (χ1) is 7.87. The van der Waals surface area contributed by atoms with Crippen LogP contribution in [0.5, 0.6) is 0 Å². The van der Waals surface area contributed by atoms with Gasteiger partial charge in [0, 0.05) is 5.54 Å². The van der Waals surface area contributed by atoms with E-state index >= 15 is 0 Å². The van der Waals surface area contributed by atoms with E-state index in [0.29, 0.717) is 5.54 Å². The van der Waals surface area contributed by atoms with Crippen molar-refractivity contribution in [3.05, 3.63) is 0 Å². The van der Waals surface area contributed by atoms with Crippen molar-refractivity contribution in [1.82, 2.24) is 5.32 Å². The Balaban J connectivity index is 0. The molecule has 0 amide bonds. The lowest BCUT2D eigenvalue weighted by Gasteiger charge is -2.29. The fraction of sp³-hybridized carbons (Fsp3) is 1.00. The lowest BCUT2D eigenvalue weighted by molar-refractivity contribution is 0.291. The van der Waals surface area contributed by atoms with Gasteiger partial charge in [0.2, 0.25) is 0 Å². The molecule has 0 bridgehead atoms. The smallest absolute Gasteiger partial charge is 0.0127 e. The molecule has 1 N–H and O–H groups in total. The van der Waals surface area contributed by atoms with Gasteiger partial charge in [0.15, 0.2) is 0 Å². The highest BCUT2D eigenvalue weighted by atomic mass is 79.9. The predicted octanol–water partition coefficient (Wildman–Crippen LogP) is 5.59. The van der Waals surface area contributed by atoms with E-state index in [2.05, 4.69) is 46.9 Å². The molecule has 0 aliphatic carbocycles. The van der Waals surface area contributed by atoms with Gasteiger partial charge in [-0.1, -0.05) is 53.4 Å². The SMILES string of the molecule is Br.CCCCNC(C)(C)CC(C)CCCC(C)C. The van der Waals surface area contributed by atoms with Crippen molar-refractivity contribution in [2.24, 2.45) is 11.8 Å². The molecule has 0 aliphatic heterocycles. The molecule has 0 spiro atoms. The molecule has 1 nitrogen and oxygen atoms in total. The minimum atomic E-state index is 0. The Hall–Kier alpha value is 0.440. The van der Waals surface area contributed by atoms with Crippen molar-refractivity contribution in [2.75, 3.05) is 6.54 Å². The molecule has 0 aromatic heterocycles. The summed E-state index contributed by atoms with van der Waals surface area (Å²) in [4.78, 5) is 0. The minimum Gasteiger partial charge on any atom is -0.312 e. The van der Waals surface area contributed by atoms with E-state index < -0.39 is 0 Å². The van der Waals surface area contributed by atoms with Gasteiger partial charge in [0.25, 0.3) is 0 Å². The number of hydrogen-bond acceptors (Lipinski definition) is 1. The summed E-state index contributed by atoms with van der Waals surface area (Å²) in [7, 11) is 0. The van der Waals surface area contributed by atoms with Gasteiger partial charge in [-0.05, 0) is 45.1 Å². The summed E-state index contributed by atoms with van der Waals surface area (Å²) >= 11 is 0. The van der Waals surface area contributed by atoms with Gasteiger partial charge < -0.3 is 5.32 Å². The average Bonchev–Trinajstić information content (AvgIpc) is 2.16. The largest absolute Gasteiger partial charge is 0.312 e. The zero-order valence-corrected chi connectivity index (χ0v) is 15.2. The molecule has 0 saturated carbocycles. The zero-order chi connectivity index (χ0) is 13.3. The van der Waals surface area contributed by atoms with Gasteiger partial charge in [-0.15, -0.1) is 17.0 Å². The molecule has 0 heterocycles. The molecule has 0 radical (unpaired) electrons. The number of rotatable bonds is 10. The van der Waals surface area contributed by atoms with Gasteiger partial charge in [-0.25, -0.2) is 0 Å². The van der Waals surface area contributed by atoms with Crippen molar-refractivity contribution < 1.29 is 0 Å². The van der Waals surface area contributed by atoms with Crippen molar-refractivity contribution >= 4 is 17.0 Å². The second-order valence-electron chi connectivity index (χ2n) is 6.80. The first-order valence-corrected chi connectivity index (χ1v) is 7.62. The van der Waals surface area contributed by atoms with Crippen molar-refractivity contribution in [3.63, 3.8) is 0 Å². The quantitative estimate of drug-likeness (QED) is 0.517. The number of halogens is 1. The van der Waals surface area contributed by atoms with E-state index in [1.807, 2.05) is 0 Å². The summed E-state index contributed by atoms with van der Waals surface area (Å²) in [6.07, 6.45) is 8.04. The van der Waals surface area contributed by atoms with Crippen LogP contribution < -0.4 is 5.32 Å². The predicted molar refractivity (Wildman–Crippen MR) is 89.8 cm³/mol. The molecule has 0 aromatic carbocycles. The maximum absolute atomic E-state index is 3.69. The molecule has 1 unspecified atom stereocenters. The first kappa shape index (κ1) is 20.8. The Labute approximate surface area is 126 Å². The highest BCUT2D eigenvalue weighted by molar-refractivity contribution is 8.93. The van der Waals surface area contributed by atoms with Crippen LogP contribution in [-0.4, -0.2) is 12.1 Å². The van der Waals surface area contributed by atoms with Crippen LogP contribution in [0.1, 0.15) is 80.1 Å². The van der Waals surface area contributed by atoms with Crippen LogP contribution in [0.2, 0.25) is 0 Å². The third-order valence-electron chi connectivity index (χ3n) is 3.47. The zero-order valence-electron chi connectivity index (χ0n) is 13.5. The van der Waals surface area contributed by atoms with Gasteiger partial charge in [0.05, 0.1) is 0 Å². The van der Waals surface area contributed by atoms with Gasteiger partial charge in [-0.3, -0.25) is 0 Å². The van der Waals surface area contributed by atoms with Gasteiger partial charge in [-0.2, -0.15) is 0 Å². The van der Waals surface area contributed by atoms with Crippen molar-refractivity contribution in [1.29, 1.82) is 0 Å². The van der Waals surface area contributed by atoms with Crippen LogP contribution in [0.25, 0.3) is 0 Å². The van der Waals surface area contributed by atoms with Crippen LogP contribution >= 0.6 is 17.0 Å². The molecule has 18 heavy (non-hydrogen) atoms. The third kappa shape index (κ3) is 12.9. The topological polar surface area (TPSA) is 12.0 Å². The van der Waals surface area contributed by atoms with E-state index in [1.165, 1.54) is 45.1 Å². The fourth-order valence-electron chi connectivity index (χ4n) is 2.52. The summed E-state index contributed by atoms with van der Waals surface area (Å²) < 4.78 is 0. The third-order valence-corrected chi connectivity index (χ3v) is 3.47. The van der Waals surface area contributed by atoms with E-state index in [4.69, 9.17) is 0 Å². The normalized spacial score (nSPS) is 13.5. The minimum absolute atomic E-state index is 0. The molecule has 0 fully saturated rings. The maximum atomic E-state index is 3.69. The summed E-state index contributed by atoms with van der Waals surface area (Å²) in [5.41, 5.74) is 0.312. The van der Waals surface area contributed by atoms with E-state index in [0.717, 1.165) is 11.8 Å². The standard InChI is InChI=1S/C16H35N.BrH/c1-7-8-12-17-16(5,6)13-15(4)11-9-10-14(2)3;/h14-15,17H,7-13H2,1-6H3;1H. The molecular weight excluding hydrogens is 286 g/mol. The lowest BCUT2D eigenvalue weighted by atomic mass is 9.87. The lowest BCUT2D eigenvalue weighted by Crippen LogP contribution is -2.41. The highest BCUT2D eigenvalue weighted by Gasteiger charge is 2.19. The number of hydrogen-bond donors (Lipinski definition) is 1. The molecule has 0 aliphatic rings. The first-order valence-electron chi connectivity index (χ1n) is 7.62. The second kappa shape index (κ2) is 11.3. The van der Waals surface area contributed by atoms with Crippen molar-refractivity contribution in [3.8, 4) is 0 Å². The second-order valence-corrected chi connectivity index (χ2v) is 6.80. The Morgan fingerprint density at radius 3 is 2.11 bits per heavy atom. The molecule has 2 heteroatoms. The maximum Gasteiger partial charge on any atom is 0.0127 e. The Morgan fingerprint density at radius 2 is 1.61 bits per heavy atom. The van der Waals surface area contributed by atoms with Crippen LogP contribution in [0.15, 0.2) is 0 Å². The van der Waals surface area contributed by atoms with Crippen LogP contribution in [0, 0.1) is 11.8 Å². The van der Waals surface area contributed by atoms with Crippen LogP contribution in [0.4, 0.5) is 0 Å². The number of nitrogens with one attached hydrogen (secondary N) is 1. The van der Waals surface area contributed by atoms with Crippen molar-refractivity contribution in [2.45, 2.75) is 85.6 Å². The summed E-state index contributed by atoms with van der Waals surface area (Å²) in [6, 6.07) is 0. The van der Waals surface area contributed by atoms with Crippen LogP contribution in [0.3, 0.4) is 0 Å². The average molecular weight is 322 g/mol. The monoisotopic (exact) mass is 321 g/mol. The number of unbranched alkanes of at least 4 members (excludes halogenated alkanes) is 1. The van der Waals surface area contributed by atoms with Crippen LogP contribution in [-0.2, 0) is 0 Å². The fourth-order valence-corrected chi connectivity index (χ4v) is 2.52. The molecule has 0 aromatic rings. The molecule has 1 atom stereocenters. The molecule has 0 saturated heterocycles.